The van der Waals surface area contributed by atoms with Crippen molar-refractivity contribution in [1.82, 2.24) is 14.8 Å². The van der Waals surface area contributed by atoms with Crippen LogP contribution in [0.25, 0.3) is 10.9 Å². The molecule has 1 fully saturated rings. The van der Waals surface area contributed by atoms with Crippen molar-refractivity contribution in [3.63, 3.8) is 0 Å². The van der Waals surface area contributed by atoms with Gasteiger partial charge in [-0.05, 0) is 25.5 Å². The summed E-state index contributed by atoms with van der Waals surface area (Å²) in [6, 6.07) is 5.67. The smallest absolute Gasteiger partial charge is 0.147 e. The van der Waals surface area contributed by atoms with Crippen molar-refractivity contribution in [3.05, 3.63) is 35.8 Å². The van der Waals surface area contributed by atoms with Gasteiger partial charge in [0.15, 0.2) is 0 Å². The number of para-hydroxylation sites is 1. The van der Waals surface area contributed by atoms with Gasteiger partial charge in [-0.25, -0.2) is 4.39 Å². The summed E-state index contributed by atoms with van der Waals surface area (Å²) in [5, 5.41) is 4.42. The molecular formula is C16H22FN3. The molecule has 1 aromatic carbocycles. The summed E-state index contributed by atoms with van der Waals surface area (Å²) in [6.45, 7) is 9.30. The summed E-state index contributed by atoms with van der Waals surface area (Å²) in [6.07, 6.45) is 2.13. The number of halogens is 1. The van der Waals surface area contributed by atoms with Crippen molar-refractivity contribution < 1.29 is 4.39 Å². The van der Waals surface area contributed by atoms with E-state index in [4.69, 9.17) is 0 Å². The van der Waals surface area contributed by atoms with Crippen molar-refractivity contribution in [3.8, 4) is 0 Å². The van der Waals surface area contributed by atoms with E-state index in [1.54, 1.807) is 6.07 Å². The number of benzene rings is 1. The van der Waals surface area contributed by atoms with Crippen LogP contribution in [0.2, 0.25) is 0 Å². The minimum absolute atomic E-state index is 0.122. The molecule has 0 unspecified atom stereocenters. The van der Waals surface area contributed by atoms with Gasteiger partial charge >= 0.3 is 0 Å². The first kappa shape index (κ1) is 13.6. The number of rotatable bonds is 3. The molecule has 0 radical (unpaired) electrons. The quantitative estimate of drug-likeness (QED) is 0.929. The molecule has 0 amide bonds. The second kappa shape index (κ2) is 5.54. The van der Waals surface area contributed by atoms with E-state index in [0.29, 0.717) is 0 Å². The Morgan fingerprint density at radius 1 is 1.25 bits per heavy atom. The number of aromatic nitrogens is 1. The molecule has 1 N–H and O–H groups in total. The van der Waals surface area contributed by atoms with Crippen LogP contribution in [-0.2, 0) is 6.54 Å². The lowest BCUT2D eigenvalue weighted by Gasteiger charge is -2.26. The van der Waals surface area contributed by atoms with Crippen LogP contribution in [-0.4, -0.2) is 35.6 Å². The third kappa shape index (κ3) is 2.45. The molecule has 0 spiro atoms. The molecule has 0 bridgehead atoms. The van der Waals surface area contributed by atoms with Crippen LogP contribution in [0.1, 0.15) is 25.5 Å². The monoisotopic (exact) mass is 275 g/mol. The van der Waals surface area contributed by atoms with Crippen molar-refractivity contribution in [2.45, 2.75) is 26.4 Å². The van der Waals surface area contributed by atoms with E-state index in [-0.39, 0.29) is 11.9 Å². The van der Waals surface area contributed by atoms with Gasteiger partial charge in [0.25, 0.3) is 0 Å². The molecule has 2 aromatic rings. The van der Waals surface area contributed by atoms with Gasteiger partial charge in [0.1, 0.15) is 5.82 Å². The Morgan fingerprint density at radius 2 is 2.00 bits per heavy atom. The van der Waals surface area contributed by atoms with Crippen LogP contribution < -0.4 is 5.32 Å². The van der Waals surface area contributed by atoms with Gasteiger partial charge in [0.05, 0.1) is 5.52 Å². The molecule has 3 nitrogen and oxygen atoms in total. The van der Waals surface area contributed by atoms with Crippen LogP contribution >= 0.6 is 0 Å². The largest absolute Gasteiger partial charge is 0.342 e. The molecule has 0 atom stereocenters. The second-order valence-corrected chi connectivity index (χ2v) is 5.82. The van der Waals surface area contributed by atoms with E-state index in [1.807, 2.05) is 12.1 Å². The zero-order valence-corrected chi connectivity index (χ0v) is 12.2. The predicted molar refractivity (Wildman–Crippen MR) is 80.4 cm³/mol. The minimum atomic E-state index is -0.122. The number of nitrogens with zero attached hydrogens (tertiary/aromatic N) is 2. The van der Waals surface area contributed by atoms with Gasteiger partial charge in [0.2, 0.25) is 0 Å². The van der Waals surface area contributed by atoms with Crippen molar-refractivity contribution in [1.29, 1.82) is 0 Å². The molecule has 4 heteroatoms. The molecule has 3 rings (SSSR count). The van der Waals surface area contributed by atoms with Gasteiger partial charge in [-0.1, -0.05) is 12.1 Å². The molecule has 20 heavy (non-hydrogen) atoms. The second-order valence-electron chi connectivity index (χ2n) is 5.82. The molecule has 2 heterocycles. The average Bonchev–Trinajstić information content (AvgIpc) is 2.81. The summed E-state index contributed by atoms with van der Waals surface area (Å²) >= 11 is 0. The fourth-order valence-electron chi connectivity index (χ4n) is 2.98. The maximum absolute atomic E-state index is 14.2. The van der Waals surface area contributed by atoms with Gasteiger partial charge < -0.3 is 9.88 Å². The molecule has 1 aliphatic rings. The average molecular weight is 275 g/mol. The van der Waals surface area contributed by atoms with Crippen molar-refractivity contribution in [2.24, 2.45) is 0 Å². The fraction of sp³-hybridized carbons (Fsp3) is 0.500. The van der Waals surface area contributed by atoms with E-state index in [2.05, 4.69) is 34.8 Å². The van der Waals surface area contributed by atoms with Crippen molar-refractivity contribution >= 4 is 10.9 Å². The van der Waals surface area contributed by atoms with Crippen LogP contribution in [0.5, 0.6) is 0 Å². The molecular weight excluding hydrogens is 253 g/mol. The maximum atomic E-state index is 14.2. The van der Waals surface area contributed by atoms with Gasteiger partial charge in [-0.2, -0.15) is 0 Å². The van der Waals surface area contributed by atoms with Gasteiger partial charge in [-0.15, -0.1) is 0 Å². The lowest BCUT2D eigenvalue weighted by atomic mass is 10.1. The topological polar surface area (TPSA) is 20.2 Å². The standard InChI is InChI=1S/C16H22FN3/c1-12(2)20-11-13(10-19-8-6-18-7-9-19)14-4-3-5-15(17)16(14)20/h3-5,11-12,18H,6-10H2,1-2H3. The Morgan fingerprint density at radius 3 is 2.70 bits per heavy atom. The fourth-order valence-corrected chi connectivity index (χ4v) is 2.98. The minimum Gasteiger partial charge on any atom is -0.342 e. The van der Waals surface area contributed by atoms with Crippen LogP contribution in [0.15, 0.2) is 24.4 Å². The summed E-state index contributed by atoms with van der Waals surface area (Å²) in [5.74, 6) is -0.122. The third-order valence-electron chi connectivity index (χ3n) is 4.05. The normalized spacial score (nSPS) is 17.2. The summed E-state index contributed by atoms with van der Waals surface area (Å²) in [5.41, 5.74) is 1.97. The first-order chi connectivity index (χ1) is 9.66. The van der Waals surface area contributed by atoms with E-state index in [1.165, 1.54) is 5.56 Å². The molecule has 1 aliphatic heterocycles. The zero-order valence-electron chi connectivity index (χ0n) is 12.2. The Labute approximate surface area is 119 Å². The molecule has 0 saturated carbocycles. The Bertz CT molecular complexity index is 597. The SMILES string of the molecule is CC(C)n1cc(CN2CCNCC2)c2cccc(F)c21. The van der Waals surface area contributed by atoms with Gasteiger partial charge in [-0.3, -0.25) is 4.90 Å². The highest BCUT2D eigenvalue weighted by Gasteiger charge is 2.17. The number of hydrogen-bond donors (Lipinski definition) is 1. The van der Waals surface area contributed by atoms with E-state index in [9.17, 15) is 4.39 Å². The molecule has 1 saturated heterocycles. The molecule has 0 aliphatic carbocycles. The van der Waals surface area contributed by atoms with Crippen LogP contribution in [0.3, 0.4) is 0 Å². The number of fused-ring (bicyclic) bond motifs is 1. The highest BCUT2D eigenvalue weighted by Crippen LogP contribution is 2.28. The lowest BCUT2D eigenvalue weighted by molar-refractivity contribution is 0.234. The first-order valence-corrected chi connectivity index (χ1v) is 7.38. The predicted octanol–water partition coefficient (Wildman–Crippen LogP) is 2.77. The third-order valence-corrected chi connectivity index (χ3v) is 4.05. The van der Waals surface area contributed by atoms with Gasteiger partial charge in [0, 0.05) is 50.3 Å². The van der Waals surface area contributed by atoms with E-state index < -0.39 is 0 Å². The van der Waals surface area contributed by atoms with Crippen molar-refractivity contribution in [2.75, 3.05) is 26.2 Å². The van der Waals surface area contributed by atoms with Crippen LogP contribution in [0, 0.1) is 5.82 Å². The Hall–Kier alpha value is -1.39. The number of piperazine rings is 1. The van der Waals surface area contributed by atoms with Crippen LogP contribution in [0.4, 0.5) is 4.39 Å². The zero-order chi connectivity index (χ0) is 14.1. The highest BCUT2D eigenvalue weighted by atomic mass is 19.1. The Balaban J connectivity index is 2.00. The molecule has 1 aromatic heterocycles. The summed E-state index contributed by atoms with van der Waals surface area (Å²) in [7, 11) is 0. The maximum Gasteiger partial charge on any atom is 0.147 e. The van der Waals surface area contributed by atoms with E-state index in [0.717, 1.165) is 43.6 Å². The first-order valence-electron chi connectivity index (χ1n) is 7.38. The molecule has 108 valence electrons. The summed E-state index contributed by atoms with van der Waals surface area (Å²) < 4.78 is 16.2. The lowest BCUT2D eigenvalue weighted by Crippen LogP contribution is -2.42. The number of nitrogens with one attached hydrogen (secondary N) is 1. The van der Waals surface area contributed by atoms with E-state index >= 15 is 0 Å². The highest BCUT2D eigenvalue weighted by molar-refractivity contribution is 5.84. The number of hydrogen-bond acceptors (Lipinski definition) is 2. The Kier molecular flexibility index (Phi) is 3.76. The summed E-state index contributed by atoms with van der Waals surface area (Å²) in [4.78, 5) is 2.43.